The van der Waals surface area contributed by atoms with Crippen LogP contribution in [0.15, 0.2) is 109 Å². The molecule has 5 unspecified atom stereocenters. The molecular formula is C30H27B2O5. The fourth-order valence-electron chi connectivity index (χ4n) is 5.08. The largest absolute Gasteiger partial charge is 0.494 e. The standard InChI is InChI=1S/C30H27B2O5/c33-26-19-27(35-31-24-15-11-22(12-16-24)20-7-3-1-4-8-20)29-30(28(26)34)37-32(36-29)25-17-13-23(14-18-25)21-9-5-2-6-10-21/h1-18,26-30,33-34H,19H2. The van der Waals surface area contributed by atoms with Gasteiger partial charge in [0, 0.05) is 6.42 Å². The Morgan fingerprint density at radius 2 is 1.16 bits per heavy atom. The van der Waals surface area contributed by atoms with Gasteiger partial charge in [0.2, 0.25) is 0 Å². The lowest BCUT2D eigenvalue weighted by Crippen LogP contribution is -2.55. The molecule has 1 saturated carbocycles. The van der Waals surface area contributed by atoms with Crippen molar-refractivity contribution in [2.45, 2.75) is 36.9 Å². The zero-order chi connectivity index (χ0) is 25.2. The van der Waals surface area contributed by atoms with Crippen molar-refractivity contribution < 1.29 is 24.2 Å². The lowest BCUT2D eigenvalue weighted by molar-refractivity contribution is -0.125. The minimum absolute atomic E-state index is 0.254. The van der Waals surface area contributed by atoms with Crippen LogP contribution in [0.5, 0.6) is 0 Å². The summed E-state index contributed by atoms with van der Waals surface area (Å²) in [6, 6.07) is 36.5. The lowest BCUT2D eigenvalue weighted by Gasteiger charge is -2.38. The van der Waals surface area contributed by atoms with E-state index >= 15 is 0 Å². The van der Waals surface area contributed by atoms with E-state index in [0.717, 1.165) is 33.2 Å². The van der Waals surface area contributed by atoms with Gasteiger partial charge in [0.05, 0.1) is 24.4 Å². The van der Waals surface area contributed by atoms with Crippen LogP contribution in [0.2, 0.25) is 0 Å². The molecule has 1 aliphatic heterocycles. The maximum Gasteiger partial charge on any atom is 0.494 e. The Morgan fingerprint density at radius 3 is 1.76 bits per heavy atom. The molecule has 1 radical (unpaired) electrons. The highest BCUT2D eigenvalue weighted by atomic mass is 16.7. The molecule has 0 spiro atoms. The van der Waals surface area contributed by atoms with Crippen LogP contribution in [0.4, 0.5) is 0 Å². The summed E-state index contributed by atoms with van der Waals surface area (Å²) in [4.78, 5) is 0. The Hall–Kier alpha value is -3.19. The van der Waals surface area contributed by atoms with Gasteiger partial charge in [-0.25, -0.2) is 0 Å². The molecule has 4 aromatic carbocycles. The predicted octanol–water partition coefficient (Wildman–Crippen LogP) is 2.96. The number of hydrogen-bond donors (Lipinski definition) is 2. The Bertz CT molecular complexity index is 1300. The van der Waals surface area contributed by atoms with Crippen molar-refractivity contribution in [3.63, 3.8) is 0 Å². The minimum Gasteiger partial charge on any atom is -0.429 e. The summed E-state index contributed by atoms with van der Waals surface area (Å²) in [6.45, 7) is 0. The average Bonchev–Trinajstić information content (AvgIpc) is 3.42. The zero-order valence-electron chi connectivity index (χ0n) is 20.3. The van der Waals surface area contributed by atoms with Gasteiger partial charge < -0.3 is 24.2 Å². The monoisotopic (exact) mass is 489 g/mol. The summed E-state index contributed by atoms with van der Waals surface area (Å²) in [6.07, 6.45) is -3.38. The van der Waals surface area contributed by atoms with Gasteiger partial charge in [-0.15, -0.1) is 0 Å². The topological polar surface area (TPSA) is 68.2 Å². The van der Waals surface area contributed by atoms with Gasteiger partial charge in [-0.2, -0.15) is 0 Å². The molecule has 5 atom stereocenters. The molecule has 4 aromatic rings. The van der Waals surface area contributed by atoms with Crippen LogP contribution in [-0.2, 0) is 14.0 Å². The summed E-state index contributed by atoms with van der Waals surface area (Å²) < 4.78 is 18.5. The average molecular weight is 489 g/mol. The second-order valence-corrected chi connectivity index (χ2v) is 9.60. The molecule has 5 nitrogen and oxygen atoms in total. The maximum atomic E-state index is 10.6. The molecule has 1 saturated heterocycles. The number of fused-ring (bicyclic) bond motifs is 1. The third-order valence-corrected chi connectivity index (χ3v) is 7.14. The minimum atomic E-state index is -1.04. The molecule has 0 amide bonds. The smallest absolute Gasteiger partial charge is 0.429 e. The molecular weight excluding hydrogens is 462 g/mol. The Morgan fingerprint density at radius 1 is 0.649 bits per heavy atom. The highest BCUT2D eigenvalue weighted by Crippen LogP contribution is 2.33. The van der Waals surface area contributed by atoms with Crippen LogP contribution in [0.25, 0.3) is 22.3 Å². The Kier molecular flexibility index (Phi) is 6.96. The maximum absolute atomic E-state index is 10.6. The van der Waals surface area contributed by atoms with E-state index < -0.39 is 37.6 Å². The van der Waals surface area contributed by atoms with Crippen LogP contribution in [0.3, 0.4) is 0 Å². The summed E-state index contributed by atoms with van der Waals surface area (Å²) in [5, 5.41) is 21.1. The molecule has 2 N–H and O–H groups in total. The summed E-state index contributed by atoms with van der Waals surface area (Å²) in [7, 11) is 1.04. The second-order valence-electron chi connectivity index (χ2n) is 9.60. The van der Waals surface area contributed by atoms with Crippen LogP contribution < -0.4 is 10.9 Å². The first-order valence-corrected chi connectivity index (χ1v) is 12.6. The number of rotatable bonds is 6. The van der Waals surface area contributed by atoms with E-state index in [-0.39, 0.29) is 6.42 Å². The van der Waals surface area contributed by atoms with E-state index in [2.05, 4.69) is 36.4 Å². The molecule has 2 aliphatic rings. The Labute approximate surface area is 218 Å². The first kappa shape index (κ1) is 24.2. The summed E-state index contributed by atoms with van der Waals surface area (Å²) >= 11 is 0. The first-order valence-electron chi connectivity index (χ1n) is 12.6. The SMILES string of the molecule is OC1CC(O[B]c2ccc(-c3ccccc3)cc2)C2OB(c3ccc(-c4ccccc4)cc3)OC2C1O. The van der Waals surface area contributed by atoms with Gasteiger partial charge in [-0.3, -0.25) is 0 Å². The molecule has 1 heterocycles. The van der Waals surface area contributed by atoms with Crippen molar-refractivity contribution in [1.82, 2.24) is 0 Å². The summed E-state index contributed by atoms with van der Waals surface area (Å²) in [5.41, 5.74) is 6.28. The van der Waals surface area contributed by atoms with E-state index in [0.29, 0.717) is 0 Å². The van der Waals surface area contributed by atoms with Gasteiger partial charge >= 0.3 is 14.6 Å². The van der Waals surface area contributed by atoms with Crippen LogP contribution in [0, 0.1) is 0 Å². The number of benzene rings is 4. The molecule has 2 fully saturated rings. The number of hydrogen-bond acceptors (Lipinski definition) is 5. The van der Waals surface area contributed by atoms with Gasteiger partial charge in [0.25, 0.3) is 0 Å². The molecule has 7 heteroatoms. The molecule has 0 bridgehead atoms. The van der Waals surface area contributed by atoms with E-state index in [1.807, 2.05) is 72.8 Å². The van der Waals surface area contributed by atoms with Crippen LogP contribution >= 0.6 is 0 Å². The van der Waals surface area contributed by atoms with E-state index in [1.54, 1.807) is 7.48 Å². The van der Waals surface area contributed by atoms with Crippen molar-refractivity contribution >= 4 is 25.5 Å². The molecule has 6 rings (SSSR count). The normalized spacial score (nSPS) is 25.0. The van der Waals surface area contributed by atoms with E-state index in [9.17, 15) is 10.2 Å². The summed E-state index contributed by atoms with van der Waals surface area (Å²) in [5.74, 6) is 0. The molecule has 37 heavy (non-hydrogen) atoms. The predicted molar refractivity (Wildman–Crippen MR) is 146 cm³/mol. The molecule has 0 aromatic heterocycles. The highest BCUT2D eigenvalue weighted by Gasteiger charge is 2.53. The zero-order valence-corrected chi connectivity index (χ0v) is 20.3. The second kappa shape index (κ2) is 10.7. The fourth-order valence-corrected chi connectivity index (χ4v) is 5.08. The molecule has 1 aliphatic carbocycles. The highest BCUT2D eigenvalue weighted by molar-refractivity contribution is 6.62. The quantitative estimate of drug-likeness (QED) is 0.408. The number of aliphatic hydroxyl groups excluding tert-OH is 2. The fraction of sp³-hybridized carbons (Fsp3) is 0.200. The van der Waals surface area contributed by atoms with E-state index in [1.165, 1.54) is 0 Å². The van der Waals surface area contributed by atoms with Gasteiger partial charge in [0.1, 0.15) is 6.10 Å². The van der Waals surface area contributed by atoms with Crippen LogP contribution in [-0.4, -0.2) is 55.3 Å². The van der Waals surface area contributed by atoms with E-state index in [4.69, 9.17) is 14.0 Å². The number of aliphatic hydroxyl groups is 2. The van der Waals surface area contributed by atoms with Crippen molar-refractivity contribution in [2.75, 3.05) is 0 Å². The Balaban J connectivity index is 1.13. The van der Waals surface area contributed by atoms with Crippen LogP contribution in [0.1, 0.15) is 6.42 Å². The third kappa shape index (κ3) is 5.14. The van der Waals surface area contributed by atoms with Gasteiger partial charge in [-0.05, 0) is 27.7 Å². The van der Waals surface area contributed by atoms with Crippen molar-refractivity contribution in [3.8, 4) is 22.3 Å². The molecule has 183 valence electrons. The third-order valence-electron chi connectivity index (χ3n) is 7.14. The lowest BCUT2D eigenvalue weighted by atomic mass is 9.79. The van der Waals surface area contributed by atoms with Gasteiger partial charge in [0.15, 0.2) is 0 Å². The van der Waals surface area contributed by atoms with Crippen molar-refractivity contribution in [1.29, 1.82) is 0 Å². The first-order chi connectivity index (χ1) is 18.2. The van der Waals surface area contributed by atoms with Gasteiger partial charge in [-0.1, -0.05) is 115 Å². The van der Waals surface area contributed by atoms with Crippen molar-refractivity contribution in [2.24, 2.45) is 0 Å². The van der Waals surface area contributed by atoms with Crippen molar-refractivity contribution in [3.05, 3.63) is 109 Å².